The second kappa shape index (κ2) is 10.8. The van der Waals surface area contributed by atoms with Gasteiger partial charge in [0.25, 0.3) is 0 Å². The Balaban J connectivity index is 1.84. The van der Waals surface area contributed by atoms with Crippen LogP contribution in [0.4, 0.5) is 0 Å². The Bertz CT molecular complexity index is 1010. The zero-order valence-corrected chi connectivity index (χ0v) is 18.6. The lowest BCUT2D eigenvalue weighted by atomic mass is 10.0. The average Bonchev–Trinajstić information content (AvgIpc) is 2.77. The van der Waals surface area contributed by atoms with Crippen molar-refractivity contribution in [2.24, 2.45) is 5.16 Å². The van der Waals surface area contributed by atoms with E-state index < -0.39 is 11.6 Å². The van der Waals surface area contributed by atoms with Crippen LogP contribution in [0.5, 0.6) is 0 Å². The normalized spacial score (nSPS) is 11.8. The first kappa shape index (κ1) is 22.6. The number of carbonyl (C=O) groups excluding carboxylic acids is 1. The molecule has 3 aromatic rings. The maximum absolute atomic E-state index is 11.9. The lowest BCUT2D eigenvalue weighted by Gasteiger charge is -2.16. The van der Waals surface area contributed by atoms with Crippen molar-refractivity contribution in [1.29, 1.82) is 0 Å². The summed E-state index contributed by atoms with van der Waals surface area (Å²) in [5.41, 5.74) is 1.82. The van der Waals surface area contributed by atoms with E-state index in [-0.39, 0.29) is 6.61 Å². The van der Waals surface area contributed by atoms with E-state index in [2.05, 4.69) is 17.3 Å². The zero-order valence-electron chi connectivity index (χ0n) is 17.8. The van der Waals surface area contributed by atoms with Gasteiger partial charge in [-0.15, -0.1) is 0 Å². The zero-order chi connectivity index (χ0) is 22.1. The molecule has 31 heavy (non-hydrogen) atoms. The summed E-state index contributed by atoms with van der Waals surface area (Å²) in [6.07, 6.45) is 0. The number of nitrogens with zero attached hydrogens (tertiary/aromatic N) is 1. The van der Waals surface area contributed by atoms with E-state index in [9.17, 15) is 4.79 Å². The highest BCUT2D eigenvalue weighted by molar-refractivity contribution is 7.99. The predicted molar refractivity (Wildman–Crippen MR) is 122 cm³/mol. The molecule has 160 valence electrons. The molecule has 0 N–H and O–H groups in total. The van der Waals surface area contributed by atoms with Crippen LogP contribution in [0.2, 0.25) is 0 Å². The smallest absolute Gasteiger partial charge is 0.382 e. The standard InChI is InChI=1S/C25H25NO4S/c1-25(2,3)30-29-23(27)18-28-26-24(19-12-6-4-7-13-19)21-16-10-11-17-22(21)31-20-14-8-5-9-15-20/h4-17H,18H2,1-3H3/b26-24+. The average molecular weight is 436 g/mol. The van der Waals surface area contributed by atoms with Crippen molar-refractivity contribution in [3.63, 3.8) is 0 Å². The van der Waals surface area contributed by atoms with E-state index in [1.54, 1.807) is 32.5 Å². The molecule has 0 radical (unpaired) electrons. The molecule has 0 aliphatic carbocycles. The van der Waals surface area contributed by atoms with E-state index >= 15 is 0 Å². The summed E-state index contributed by atoms with van der Waals surface area (Å²) in [5, 5.41) is 4.30. The number of oxime groups is 1. The van der Waals surface area contributed by atoms with Crippen LogP contribution >= 0.6 is 11.8 Å². The first-order valence-corrected chi connectivity index (χ1v) is 10.7. The van der Waals surface area contributed by atoms with Gasteiger partial charge in [-0.05, 0) is 39.0 Å². The molecule has 0 unspecified atom stereocenters. The fraction of sp³-hybridized carbons (Fsp3) is 0.200. The molecule has 0 amide bonds. The Morgan fingerprint density at radius 1 is 0.871 bits per heavy atom. The van der Waals surface area contributed by atoms with E-state index in [0.29, 0.717) is 5.71 Å². The monoisotopic (exact) mass is 435 g/mol. The third kappa shape index (κ3) is 7.27. The highest BCUT2D eigenvalue weighted by Crippen LogP contribution is 2.31. The van der Waals surface area contributed by atoms with Crippen LogP contribution in [0, 0.1) is 0 Å². The van der Waals surface area contributed by atoms with Gasteiger partial charge in [-0.3, -0.25) is 4.89 Å². The number of hydrogen-bond donors (Lipinski definition) is 0. The van der Waals surface area contributed by atoms with Gasteiger partial charge < -0.3 is 4.84 Å². The van der Waals surface area contributed by atoms with E-state index in [4.69, 9.17) is 14.6 Å². The van der Waals surface area contributed by atoms with Gasteiger partial charge in [-0.2, -0.15) is 4.89 Å². The quantitative estimate of drug-likeness (QED) is 0.251. The van der Waals surface area contributed by atoms with Crippen molar-refractivity contribution in [2.75, 3.05) is 6.61 Å². The molecule has 6 heteroatoms. The lowest BCUT2D eigenvalue weighted by molar-refractivity contribution is -0.322. The Hall–Kier alpha value is -3.09. The van der Waals surface area contributed by atoms with E-state index in [0.717, 1.165) is 20.9 Å². The first-order chi connectivity index (χ1) is 14.9. The number of rotatable bonds is 8. The van der Waals surface area contributed by atoms with Crippen LogP contribution in [-0.2, 0) is 19.4 Å². The fourth-order valence-electron chi connectivity index (χ4n) is 2.57. The van der Waals surface area contributed by atoms with Gasteiger partial charge in [0.05, 0.1) is 0 Å². The summed E-state index contributed by atoms with van der Waals surface area (Å²) in [4.78, 5) is 29.2. The molecule has 0 heterocycles. The van der Waals surface area contributed by atoms with Gasteiger partial charge in [-0.1, -0.05) is 83.6 Å². The van der Waals surface area contributed by atoms with Crippen molar-refractivity contribution in [1.82, 2.24) is 0 Å². The maximum Gasteiger partial charge on any atom is 0.382 e. The van der Waals surface area contributed by atoms with Gasteiger partial charge in [0.1, 0.15) is 11.3 Å². The third-order valence-corrected chi connectivity index (χ3v) is 4.97. The number of hydrogen-bond acceptors (Lipinski definition) is 6. The summed E-state index contributed by atoms with van der Waals surface area (Å²) in [6.45, 7) is 5.00. The minimum atomic E-state index is -0.655. The van der Waals surface area contributed by atoms with Gasteiger partial charge in [0, 0.05) is 20.9 Å². The molecule has 0 bridgehead atoms. The summed E-state index contributed by atoms with van der Waals surface area (Å²) in [6, 6.07) is 27.8. The maximum atomic E-state index is 11.9. The highest BCUT2D eigenvalue weighted by atomic mass is 32.2. The van der Waals surface area contributed by atoms with Crippen LogP contribution in [-0.4, -0.2) is 23.9 Å². The number of carbonyl (C=O) groups is 1. The van der Waals surface area contributed by atoms with Gasteiger partial charge in [0.15, 0.2) is 0 Å². The third-order valence-electron chi connectivity index (χ3n) is 3.88. The van der Waals surface area contributed by atoms with Crippen molar-refractivity contribution in [2.45, 2.75) is 36.2 Å². The molecule has 5 nitrogen and oxygen atoms in total. The molecule has 0 fully saturated rings. The largest absolute Gasteiger partial charge is 0.383 e. The van der Waals surface area contributed by atoms with Crippen LogP contribution in [0.25, 0.3) is 0 Å². The van der Waals surface area contributed by atoms with E-state index in [1.807, 2.05) is 72.8 Å². The van der Waals surface area contributed by atoms with Gasteiger partial charge in [-0.25, -0.2) is 4.79 Å². The molecule has 0 aliphatic rings. The van der Waals surface area contributed by atoms with Crippen molar-refractivity contribution >= 4 is 23.4 Å². The molecule has 3 aromatic carbocycles. The van der Waals surface area contributed by atoms with E-state index in [1.165, 1.54) is 0 Å². The molecule has 0 spiro atoms. The predicted octanol–water partition coefficient (Wildman–Crippen LogP) is 5.88. The SMILES string of the molecule is CC(C)(C)OOC(=O)CO/N=C(\c1ccccc1)c1ccccc1Sc1ccccc1. The Labute approximate surface area is 187 Å². The Morgan fingerprint density at radius 2 is 1.48 bits per heavy atom. The minimum absolute atomic E-state index is 0.361. The fourth-order valence-corrected chi connectivity index (χ4v) is 3.53. The molecular formula is C25H25NO4S. The summed E-state index contributed by atoms with van der Waals surface area (Å²) in [5.74, 6) is -0.655. The Kier molecular flexibility index (Phi) is 7.87. The molecule has 0 aliphatic heterocycles. The second-order valence-electron chi connectivity index (χ2n) is 7.64. The van der Waals surface area contributed by atoms with Crippen molar-refractivity contribution in [3.8, 4) is 0 Å². The molecule has 3 rings (SSSR count). The molecule has 0 atom stereocenters. The molecule has 0 saturated carbocycles. The van der Waals surface area contributed by atoms with Crippen molar-refractivity contribution in [3.05, 3.63) is 96.1 Å². The highest BCUT2D eigenvalue weighted by Gasteiger charge is 2.17. The second-order valence-corrected chi connectivity index (χ2v) is 8.76. The minimum Gasteiger partial charge on any atom is -0.383 e. The molecular weight excluding hydrogens is 410 g/mol. The first-order valence-electron chi connectivity index (χ1n) is 9.88. The van der Waals surface area contributed by atoms with Crippen LogP contribution in [0.1, 0.15) is 31.9 Å². The summed E-state index contributed by atoms with van der Waals surface area (Å²) < 4.78 is 0. The van der Waals surface area contributed by atoms with Crippen LogP contribution in [0.3, 0.4) is 0 Å². The summed E-state index contributed by atoms with van der Waals surface area (Å²) in [7, 11) is 0. The number of benzene rings is 3. The topological polar surface area (TPSA) is 57.1 Å². The van der Waals surface area contributed by atoms with Gasteiger partial charge in [0.2, 0.25) is 6.61 Å². The Morgan fingerprint density at radius 3 is 2.16 bits per heavy atom. The lowest BCUT2D eigenvalue weighted by Crippen LogP contribution is -2.23. The van der Waals surface area contributed by atoms with Gasteiger partial charge >= 0.3 is 5.97 Å². The van der Waals surface area contributed by atoms with Crippen LogP contribution in [0.15, 0.2) is 99.9 Å². The molecule has 0 saturated heterocycles. The van der Waals surface area contributed by atoms with Crippen molar-refractivity contribution < 1.29 is 19.4 Å². The molecule has 0 aromatic heterocycles. The summed E-state index contributed by atoms with van der Waals surface area (Å²) >= 11 is 1.64. The van der Waals surface area contributed by atoms with Crippen LogP contribution < -0.4 is 0 Å².